The Hall–Kier alpha value is -0.670. The molecule has 0 fully saturated rings. The average Bonchev–Trinajstić information content (AvgIpc) is 2.13. The highest BCUT2D eigenvalue weighted by atomic mass is 19.3. The van der Waals surface area contributed by atoms with E-state index in [1.165, 1.54) is 0 Å². The Morgan fingerprint density at radius 2 is 2.22 bits per heavy atom. The van der Waals surface area contributed by atoms with Crippen LogP contribution >= 0.6 is 0 Å². The van der Waals surface area contributed by atoms with Crippen molar-refractivity contribution < 1.29 is 8.78 Å². The molecule has 2 radical (unpaired) electrons. The molecule has 0 amide bonds. The maximum Gasteiger partial charge on any atom is 0.262 e. The van der Waals surface area contributed by atoms with E-state index in [1.54, 1.807) is 6.92 Å². The molecule has 0 aromatic carbocycles. The van der Waals surface area contributed by atoms with E-state index in [0.717, 1.165) is 0 Å². The maximum atomic E-state index is 11.8. The summed E-state index contributed by atoms with van der Waals surface area (Å²) >= 11 is 0. The van der Waals surface area contributed by atoms with Gasteiger partial charge >= 0.3 is 0 Å². The van der Waals surface area contributed by atoms with Gasteiger partial charge in [0, 0.05) is 0 Å². The molecule has 0 saturated carbocycles. The van der Waals surface area contributed by atoms with Gasteiger partial charge in [0.15, 0.2) is 6.34 Å². The molecule has 0 saturated heterocycles. The first-order valence-electron chi connectivity index (χ1n) is 2.64. The zero-order valence-electron chi connectivity index (χ0n) is 4.88. The van der Waals surface area contributed by atoms with Gasteiger partial charge < -0.3 is 0 Å². The van der Waals surface area contributed by atoms with Crippen LogP contribution in [0.1, 0.15) is 6.92 Å². The van der Waals surface area contributed by atoms with E-state index in [9.17, 15) is 8.78 Å². The molecule has 2 atom stereocenters. The van der Waals surface area contributed by atoms with Crippen LogP contribution in [0.2, 0.25) is 0 Å². The molecule has 50 valence electrons. The van der Waals surface area contributed by atoms with Crippen molar-refractivity contribution in [2.75, 3.05) is 0 Å². The first kappa shape index (κ1) is 6.45. The summed E-state index contributed by atoms with van der Waals surface area (Å²) in [6, 6.07) is -1.35. The molecule has 0 spiro atoms. The second kappa shape index (κ2) is 2.29. The third-order valence-electron chi connectivity index (χ3n) is 1.22. The summed E-state index contributed by atoms with van der Waals surface area (Å²) in [5.74, 6) is 0. The van der Waals surface area contributed by atoms with E-state index >= 15 is 0 Å². The van der Waals surface area contributed by atoms with E-state index in [-0.39, 0.29) is 0 Å². The molecule has 1 aliphatic rings. The highest BCUT2D eigenvalue weighted by Crippen LogP contribution is 2.13. The van der Waals surface area contributed by atoms with E-state index in [4.69, 9.17) is 0 Å². The minimum absolute atomic E-state index is 0.398. The summed E-state index contributed by atoms with van der Waals surface area (Å²) in [5, 5.41) is 3.54. The van der Waals surface area contributed by atoms with Crippen molar-refractivity contribution in [2.24, 2.45) is 4.99 Å². The average molecular weight is 132 g/mol. The first-order chi connectivity index (χ1) is 4.22. The Kier molecular flexibility index (Phi) is 1.64. The molecule has 4 heteroatoms. The van der Waals surface area contributed by atoms with Crippen LogP contribution in [-0.2, 0) is 0 Å². The topological polar surface area (TPSA) is 26.5 Å². The lowest BCUT2D eigenvalue weighted by Crippen LogP contribution is -2.29. The zero-order chi connectivity index (χ0) is 6.85. The van der Waals surface area contributed by atoms with Crippen molar-refractivity contribution in [1.29, 1.82) is 0 Å². The maximum absolute atomic E-state index is 11.8. The number of nitrogens with zero attached hydrogens (tertiary/aromatic N) is 2. The van der Waals surface area contributed by atoms with Crippen molar-refractivity contribution in [3.63, 3.8) is 0 Å². The van der Waals surface area contributed by atoms with Gasteiger partial charge in [-0.3, -0.25) is 10.3 Å². The molecule has 1 heterocycles. The van der Waals surface area contributed by atoms with Crippen LogP contribution in [0.15, 0.2) is 4.99 Å². The fourth-order valence-corrected chi connectivity index (χ4v) is 0.642. The molecule has 1 aliphatic heterocycles. The molecular weight excluding hydrogens is 126 g/mol. The van der Waals surface area contributed by atoms with Crippen molar-refractivity contribution in [2.45, 2.75) is 25.4 Å². The van der Waals surface area contributed by atoms with Gasteiger partial charge in [0.1, 0.15) is 6.04 Å². The normalized spacial score (nSPS) is 33.3. The summed E-state index contributed by atoms with van der Waals surface area (Å²) in [6.07, 6.45) is -0.231. The quantitative estimate of drug-likeness (QED) is 0.497. The standard InChI is InChI=1S/C5H6F2N2/c1-3-4(5(6)7)9-2-8-3/h3-5H,1H3. The number of halogens is 2. The molecule has 0 aromatic heterocycles. The van der Waals surface area contributed by atoms with E-state index in [0.29, 0.717) is 0 Å². The Labute approximate surface area is 52.0 Å². The Balaban J connectivity index is 2.49. The van der Waals surface area contributed by atoms with Crippen molar-refractivity contribution in [1.82, 2.24) is 5.32 Å². The van der Waals surface area contributed by atoms with Crippen LogP contribution in [0.4, 0.5) is 8.78 Å². The second-order valence-electron chi connectivity index (χ2n) is 1.92. The van der Waals surface area contributed by atoms with Crippen molar-refractivity contribution in [3.8, 4) is 0 Å². The monoisotopic (exact) mass is 132 g/mol. The highest BCUT2D eigenvalue weighted by molar-refractivity contribution is 5.57. The van der Waals surface area contributed by atoms with E-state index < -0.39 is 18.5 Å². The van der Waals surface area contributed by atoms with Crippen molar-refractivity contribution >= 4 is 6.34 Å². The number of aliphatic imine (C=N–C) groups is 1. The lowest BCUT2D eigenvalue weighted by atomic mass is 10.2. The van der Waals surface area contributed by atoms with Gasteiger partial charge in [0.05, 0.1) is 6.04 Å². The fourth-order valence-electron chi connectivity index (χ4n) is 0.642. The lowest BCUT2D eigenvalue weighted by molar-refractivity contribution is 0.109. The van der Waals surface area contributed by atoms with Crippen molar-refractivity contribution in [3.05, 3.63) is 0 Å². The third-order valence-corrected chi connectivity index (χ3v) is 1.22. The molecule has 0 aliphatic carbocycles. The Bertz CT molecular complexity index is 124. The largest absolute Gasteiger partial charge is 0.262 e. The molecule has 1 rings (SSSR count). The number of hydrogen-bond donors (Lipinski definition) is 0. The Morgan fingerprint density at radius 3 is 2.44 bits per heavy atom. The zero-order valence-corrected chi connectivity index (χ0v) is 4.88. The molecule has 9 heavy (non-hydrogen) atoms. The minimum Gasteiger partial charge on any atom is -0.258 e. The molecule has 0 bridgehead atoms. The SMILES string of the molecule is CC1[N][C]=NC1C(F)F. The minimum atomic E-state index is -2.40. The van der Waals surface area contributed by atoms with Gasteiger partial charge in [-0.25, -0.2) is 8.78 Å². The second-order valence-corrected chi connectivity index (χ2v) is 1.92. The predicted octanol–water partition coefficient (Wildman–Crippen LogP) is 0.532. The molecule has 0 N–H and O–H groups in total. The molecular formula is C5H6F2N2. The number of hydrogen-bond acceptors (Lipinski definition) is 1. The van der Waals surface area contributed by atoms with Gasteiger partial charge in [-0.1, -0.05) is 0 Å². The van der Waals surface area contributed by atoms with E-state index in [2.05, 4.69) is 16.6 Å². The highest BCUT2D eigenvalue weighted by Gasteiger charge is 2.29. The number of alkyl halides is 2. The summed E-state index contributed by atoms with van der Waals surface area (Å²) in [4.78, 5) is 3.35. The summed E-state index contributed by atoms with van der Waals surface area (Å²) < 4.78 is 23.6. The van der Waals surface area contributed by atoms with Crippen LogP contribution in [-0.4, -0.2) is 24.8 Å². The van der Waals surface area contributed by atoms with Gasteiger partial charge in [0.2, 0.25) is 0 Å². The Morgan fingerprint density at radius 1 is 1.56 bits per heavy atom. The first-order valence-corrected chi connectivity index (χ1v) is 2.64. The molecule has 2 unspecified atom stereocenters. The predicted molar refractivity (Wildman–Crippen MR) is 28.8 cm³/mol. The fraction of sp³-hybridized carbons (Fsp3) is 0.800. The van der Waals surface area contributed by atoms with Crippen LogP contribution in [0.25, 0.3) is 0 Å². The van der Waals surface area contributed by atoms with Gasteiger partial charge in [-0.2, -0.15) is 0 Å². The summed E-state index contributed by atoms with van der Waals surface area (Å²) in [6.45, 7) is 1.60. The lowest BCUT2D eigenvalue weighted by Gasteiger charge is -2.08. The van der Waals surface area contributed by atoms with Crippen LogP contribution < -0.4 is 5.32 Å². The van der Waals surface area contributed by atoms with E-state index in [1.807, 2.05) is 0 Å². The third kappa shape index (κ3) is 1.17. The van der Waals surface area contributed by atoms with Gasteiger partial charge in [-0.15, -0.1) is 0 Å². The number of rotatable bonds is 1. The summed E-state index contributed by atoms with van der Waals surface area (Å²) in [5.41, 5.74) is 0. The van der Waals surface area contributed by atoms with Crippen LogP contribution in [0, 0.1) is 0 Å². The van der Waals surface area contributed by atoms with Gasteiger partial charge in [0.25, 0.3) is 6.43 Å². The van der Waals surface area contributed by atoms with Crippen LogP contribution in [0.3, 0.4) is 0 Å². The molecule has 0 aromatic rings. The molecule has 2 nitrogen and oxygen atoms in total. The van der Waals surface area contributed by atoms with Crippen LogP contribution in [0.5, 0.6) is 0 Å². The smallest absolute Gasteiger partial charge is 0.258 e. The summed E-state index contributed by atoms with van der Waals surface area (Å²) in [7, 11) is 0. The van der Waals surface area contributed by atoms with Gasteiger partial charge in [-0.05, 0) is 6.92 Å².